The number of hydrogen-bond acceptors (Lipinski definition) is 4. The Hall–Kier alpha value is -1.41. The Morgan fingerprint density at radius 1 is 1.00 bits per heavy atom. The molecule has 0 bridgehead atoms. The van der Waals surface area contributed by atoms with Crippen LogP contribution in [0, 0.1) is 23.2 Å². The molecule has 0 aromatic rings. The van der Waals surface area contributed by atoms with Crippen LogP contribution < -0.4 is 0 Å². The van der Waals surface area contributed by atoms with E-state index in [1.165, 1.54) is 0 Å². The molecular formula is C15H21N3O2. The highest BCUT2D eigenvalue weighted by Gasteiger charge is 2.50. The van der Waals surface area contributed by atoms with Crippen molar-refractivity contribution >= 4 is 11.8 Å². The zero-order chi connectivity index (χ0) is 14.1. The lowest BCUT2D eigenvalue weighted by molar-refractivity contribution is -0.143. The van der Waals surface area contributed by atoms with Crippen LogP contribution >= 0.6 is 0 Å². The Kier molecular flexibility index (Phi) is 3.75. The van der Waals surface area contributed by atoms with Crippen molar-refractivity contribution in [3.63, 3.8) is 0 Å². The minimum atomic E-state index is -0.0339. The number of amides is 2. The van der Waals surface area contributed by atoms with Crippen LogP contribution in [0.3, 0.4) is 0 Å². The van der Waals surface area contributed by atoms with Gasteiger partial charge >= 0.3 is 0 Å². The molecule has 1 saturated carbocycles. The first-order valence-electron chi connectivity index (χ1n) is 7.68. The standard InChI is InChI=1S/C15H21N3O2/c16-7-10-17-8-5-11(6-9-17)18-14(19)12-3-1-2-4-13(12)15(18)20/h11-13H,1-6,8-10H2. The molecule has 0 spiro atoms. The largest absolute Gasteiger partial charge is 0.290 e. The fourth-order valence-corrected chi connectivity index (χ4v) is 3.98. The third kappa shape index (κ3) is 2.22. The number of nitriles is 1. The maximum absolute atomic E-state index is 12.5. The smallest absolute Gasteiger partial charge is 0.233 e. The Morgan fingerprint density at radius 3 is 2.05 bits per heavy atom. The fraction of sp³-hybridized carbons (Fsp3) is 0.800. The SMILES string of the molecule is N#CCN1CCC(N2C(=O)C3CCCCC3C2=O)CC1. The van der Waals surface area contributed by atoms with Gasteiger partial charge in [0.2, 0.25) is 11.8 Å². The van der Waals surface area contributed by atoms with E-state index in [4.69, 9.17) is 5.26 Å². The molecule has 3 fully saturated rings. The summed E-state index contributed by atoms with van der Waals surface area (Å²) < 4.78 is 0. The lowest BCUT2D eigenvalue weighted by Gasteiger charge is -2.34. The van der Waals surface area contributed by atoms with Crippen molar-refractivity contribution in [1.29, 1.82) is 5.26 Å². The van der Waals surface area contributed by atoms with Gasteiger partial charge in [0.1, 0.15) is 0 Å². The number of piperidine rings is 1. The van der Waals surface area contributed by atoms with Crippen molar-refractivity contribution < 1.29 is 9.59 Å². The van der Waals surface area contributed by atoms with E-state index in [1.54, 1.807) is 4.90 Å². The van der Waals surface area contributed by atoms with E-state index in [1.807, 2.05) is 0 Å². The number of fused-ring (bicyclic) bond motifs is 1. The van der Waals surface area contributed by atoms with Crippen molar-refractivity contribution in [2.24, 2.45) is 11.8 Å². The average molecular weight is 275 g/mol. The fourth-order valence-electron chi connectivity index (χ4n) is 3.98. The Labute approximate surface area is 119 Å². The second kappa shape index (κ2) is 5.53. The van der Waals surface area contributed by atoms with Crippen LogP contribution in [0.1, 0.15) is 38.5 Å². The molecule has 0 aromatic heterocycles. The Morgan fingerprint density at radius 2 is 1.55 bits per heavy atom. The summed E-state index contributed by atoms with van der Waals surface area (Å²) in [5.74, 6) is 0.0960. The van der Waals surface area contributed by atoms with Crippen molar-refractivity contribution in [3.8, 4) is 6.07 Å². The van der Waals surface area contributed by atoms with Gasteiger partial charge in [-0.1, -0.05) is 12.8 Å². The van der Waals surface area contributed by atoms with Gasteiger partial charge < -0.3 is 0 Å². The Bertz CT molecular complexity index is 425. The third-order valence-electron chi connectivity index (χ3n) is 5.09. The molecule has 5 heteroatoms. The zero-order valence-electron chi connectivity index (χ0n) is 11.8. The molecule has 20 heavy (non-hydrogen) atoms. The van der Waals surface area contributed by atoms with Crippen LogP contribution in [-0.4, -0.2) is 47.3 Å². The van der Waals surface area contributed by atoms with Crippen LogP contribution in [0.15, 0.2) is 0 Å². The predicted octanol–water partition coefficient (Wildman–Crippen LogP) is 1.15. The summed E-state index contributed by atoms with van der Waals surface area (Å²) >= 11 is 0. The van der Waals surface area contributed by atoms with Crippen LogP contribution in [-0.2, 0) is 9.59 Å². The van der Waals surface area contributed by atoms with Crippen molar-refractivity contribution in [3.05, 3.63) is 0 Å². The summed E-state index contributed by atoms with van der Waals surface area (Å²) in [4.78, 5) is 28.7. The molecular weight excluding hydrogens is 254 g/mol. The van der Waals surface area contributed by atoms with E-state index in [9.17, 15) is 9.59 Å². The number of rotatable bonds is 2. The number of nitrogens with zero attached hydrogens (tertiary/aromatic N) is 3. The lowest BCUT2D eigenvalue weighted by Crippen LogP contribution is -2.47. The quantitative estimate of drug-likeness (QED) is 0.560. The highest BCUT2D eigenvalue weighted by molar-refractivity contribution is 6.05. The van der Waals surface area contributed by atoms with Gasteiger partial charge in [0.25, 0.3) is 0 Å². The molecule has 2 aliphatic heterocycles. The van der Waals surface area contributed by atoms with Gasteiger partial charge in [-0.15, -0.1) is 0 Å². The minimum Gasteiger partial charge on any atom is -0.290 e. The van der Waals surface area contributed by atoms with E-state index in [0.29, 0.717) is 6.54 Å². The van der Waals surface area contributed by atoms with Gasteiger partial charge in [-0.2, -0.15) is 5.26 Å². The minimum absolute atomic E-state index is 0.0339. The molecule has 3 aliphatic rings. The maximum Gasteiger partial charge on any atom is 0.233 e. The first-order chi connectivity index (χ1) is 9.72. The summed E-state index contributed by atoms with van der Waals surface area (Å²) in [5.41, 5.74) is 0. The van der Waals surface area contributed by atoms with E-state index >= 15 is 0 Å². The molecule has 2 saturated heterocycles. The molecule has 2 heterocycles. The maximum atomic E-state index is 12.5. The second-order valence-electron chi connectivity index (χ2n) is 6.21. The molecule has 0 radical (unpaired) electrons. The second-order valence-corrected chi connectivity index (χ2v) is 6.21. The topological polar surface area (TPSA) is 64.4 Å². The van der Waals surface area contributed by atoms with Crippen LogP contribution in [0.5, 0.6) is 0 Å². The molecule has 1 aliphatic carbocycles. The van der Waals surface area contributed by atoms with E-state index in [0.717, 1.165) is 51.6 Å². The van der Waals surface area contributed by atoms with Crippen LogP contribution in [0.2, 0.25) is 0 Å². The number of likely N-dealkylation sites (tertiary alicyclic amines) is 2. The average Bonchev–Trinajstić information content (AvgIpc) is 2.73. The van der Waals surface area contributed by atoms with E-state index < -0.39 is 0 Å². The molecule has 0 aromatic carbocycles. The van der Waals surface area contributed by atoms with Crippen LogP contribution in [0.4, 0.5) is 0 Å². The highest BCUT2D eigenvalue weighted by Crippen LogP contribution is 2.39. The summed E-state index contributed by atoms with van der Waals surface area (Å²) in [7, 11) is 0. The van der Waals surface area contributed by atoms with Gasteiger partial charge in [0.05, 0.1) is 24.4 Å². The van der Waals surface area contributed by atoms with Gasteiger partial charge in [0, 0.05) is 19.1 Å². The van der Waals surface area contributed by atoms with Gasteiger partial charge in [0.15, 0.2) is 0 Å². The number of carbonyl (C=O) groups is 2. The molecule has 108 valence electrons. The monoisotopic (exact) mass is 275 g/mol. The number of imide groups is 1. The van der Waals surface area contributed by atoms with Gasteiger partial charge in [-0.3, -0.25) is 19.4 Å². The summed E-state index contributed by atoms with van der Waals surface area (Å²) in [6.07, 6.45) is 5.57. The van der Waals surface area contributed by atoms with Crippen molar-refractivity contribution in [1.82, 2.24) is 9.80 Å². The van der Waals surface area contributed by atoms with E-state index in [2.05, 4.69) is 11.0 Å². The highest BCUT2D eigenvalue weighted by atomic mass is 16.2. The first kappa shape index (κ1) is 13.6. The molecule has 0 N–H and O–H groups in total. The van der Waals surface area contributed by atoms with Gasteiger partial charge in [-0.05, 0) is 25.7 Å². The molecule has 5 nitrogen and oxygen atoms in total. The molecule has 3 rings (SSSR count). The van der Waals surface area contributed by atoms with Gasteiger partial charge in [-0.25, -0.2) is 0 Å². The first-order valence-corrected chi connectivity index (χ1v) is 7.68. The molecule has 2 unspecified atom stereocenters. The molecule has 2 atom stereocenters. The summed E-state index contributed by atoms with van der Waals surface area (Å²) in [6.45, 7) is 2.06. The molecule has 2 amide bonds. The Balaban J connectivity index is 1.67. The van der Waals surface area contributed by atoms with Crippen molar-refractivity contribution in [2.75, 3.05) is 19.6 Å². The zero-order valence-corrected chi connectivity index (χ0v) is 11.8. The van der Waals surface area contributed by atoms with Crippen LogP contribution in [0.25, 0.3) is 0 Å². The third-order valence-corrected chi connectivity index (χ3v) is 5.09. The number of carbonyl (C=O) groups excluding carboxylic acids is 2. The normalized spacial score (nSPS) is 32.2. The predicted molar refractivity (Wildman–Crippen MR) is 72.4 cm³/mol. The lowest BCUT2D eigenvalue weighted by atomic mass is 9.81. The van der Waals surface area contributed by atoms with Crippen molar-refractivity contribution in [2.45, 2.75) is 44.6 Å². The number of hydrogen-bond donors (Lipinski definition) is 0. The summed E-state index contributed by atoms with van der Waals surface area (Å²) in [6, 6.07) is 2.22. The summed E-state index contributed by atoms with van der Waals surface area (Å²) in [5, 5.41) is 8.71. The van der Waals surface area contributed by atoms with E-state index in [-0.39, 0.29) is 29.7 Å².